The standard InChI is InChI=1S/C10H14B2O/c1-7(9(11)12)8-3-5-10(2,13)6-4-8/h3,5,8,13H,4,6H2,1-2H3. The highest BCUT2D eigenvalue weighted by Crippen LogP contribution is 2.29. The maximum absolute atomic E-state index is 9.65. The number of rotatable bonds is 1. The molecule has 0 saturated carbocycles. The molecule has 0 aromatic rings. The van der Waals surface area contributed by atoms with Gasteiger partial charge in [-0.2, -0.15) is 5.37 Å². The van der Waals surface area contributed by atoms with E-state index < -0.39 is 5.60 Å². The molecule has 1 N–H and O–H groups in total. The Hall–Kier alpha value is -0.430. The fourth-order valence-corrected chi connectivity index (χ4v) is 1.53. The summed E-state index contributed by atoms with van der Waals surface area (Å²) in [7, 11) is 11.0. The van der Waals surface area contributed by atoms with Crippen LogP contribution < -0.4 is 0 Å². The fraction of sp³-hybridized carbons (Fsp3) is 0.600. The molecule has 0 aliphatic heterocycles. The van der Waals surface area contributed by atoms with Gasteiger partial charge in [-0.05, 0) is 32.6 Å². The fourth-order valence-electron chi connectivity index (χ4n) is 1.53. The second-order valence-corrected chi connectivity index (χ2v) is 4.00. The summed E-state index contributed by atoms with van der Waals surface area (Å²) >= 11 is 0. The van der Waals surface area contributed by atoms with Crippen molar-refractivity contribution in [2.75, 3.05) is 0 Å². The average molecular weight is 172 g/mol. The van der Waals surface area contributed by atoms with E-state index in [0.29, 0.717) is 11.3 Å². The summed E-state index contributed by atoms with van der Waals surface area (Å²) in [5.74, 6) is 0.297. The van der Waals surface area contributed by atoms with E-state index in [9.17, 15) is 5.11 Å². The van der Waals surface area contributed by atoms with Crippen molar-refractivity contribution in [1.82, 2.24) is 0 Å². The highest BCUT2D eigenvalue weighted by Gasteiger charge is 2.23. The van der Waals surface area contributed by atoms with Gasteiger partial charge < -0.3 is 5.11 Å². The van der Waals surface area contributed by atoms with Crippen LogP contribution in [0, 0.1) is 5.92 Å². The van der Waals surface area contributed by atoms with Crippen LogP contribution >= 0.6 is 0 Å². The third kappa shape index (κ3) is 2.77. The molecule has 0 amide bonds. The van der Waals surface area contributed by atoms with E-state index in [1.807, 2.05) is 26.0 Å². The Bertz CT molecular complexity index is 250. The molecule has 4 radical (unpaired) electrons. The Morgan fingerprint density at radius 2 is 2.15 bits per heavy atom. The smallest absolute Gasteiger partial charge is 0.0922 e. The first-order valence-electron chi connectivity index (χ1n) is 4.56. The summed E-state index contributed by atoms with van der Waals surface area (Å²) in [5.41, 5.74) is 0.354. The van der Waals surface area contributed by atoms with Crippen LogP contribution in [0.4, 0.5) is 0 Å². The molecule has 0 spiro atoms. The second kappa shape index (κ2) is 3.75. The van der Waals surface area contributed by atoms with Gasteiger partial charge in [0, 0.05) is 0 Å². The molecule has 1 nitrogen and oxygen atoms in total. The Morgan fingerprint density at radius 3 is 2.54 bits per heavy atom. The monoisotopic (exact) mass is 172 g/mol. The predicted octanol–water partition coefficient (Wildman–Crippen LogP) is 1.27. The van der Waals surface area contributed by atoms with E-state index in [4.69, 9.17) is 15.7 Å². The number of aliphatic hydroxyl groups is 1. The van der Waals surface area contributed by atoms with Gasteiger partial charge in [-0.15, -0.1) is 0 Å². The molecule has 1 rings (SSSR count). The Kier molecular flexibility index (Phi) is 3.07. The zero-order chi connectivity index (χ0) is 10.1. The molecule has 2 unspecified atom stereocenters. The molecule has 1 aliphatic rings. The highest BCUT2D eigenvalue weighted by atomic mass is 16.3. The van der Waals surface area contributed by atoms with Gasteiger partial charge >= 0.3 is 0 Å². The summed E-state index contributed by atoms with van der Waals surface area (Å²) < 4.78 is 0. The first-order valence-corrected chi connectivity index (χ1v) is 4.56. The number of allylic oxidation sites excluding steroid dienone is 2. The Balaban J connectivity index is 2.75. The van der Waals surface area contributed by atoms with E-state index >= 15 is 0 Å². The lowest BCUT2D eigenvalue weighted by molar-refractivity contribution is 0.0903. The molecule has 3 heteroatoms. The van der Waals surface area contributed by atoms with Gasteiger partial charge in [-0.25, -0.2) is 0 Å². The zero-order valence-corrected chi connectivity index (χ0v) is 8.25. The van der Waals surface area contributed by atoms with Gasteiger partial charge in [0.15, 0.2) is 0 Å². The summed E-state index contributed by atoms with van der Waals surface area (Å²) in [6.45, 7) is 3.74. The lowest BCUT2D eigenvalue weighted by Crippen LogP contribution is -2.26. The molecule has 0 heterocycles. The second-order valence-electron chi connectivity index (χ2n) is 4.00. The SMILES string of the molecule is [B]C([B])=C(C)C1C=CC(C)(O)CC1. The van der Waals surface area contributed by atoms with E-state index in [-0.39, 0.29) is 0 Å². The van der Waals surface area contributed by atoms with Crippen molar-refractivity contribution in [1.29, 1.82) is 0 Å². The minimum atomic E-state index is -0.653. The number of hydrogen-bond donors (Lipinski definition) is 1. The Labute approximate surface area is 82.7 Å². The quantitative estimate of drug-likeness (QED) is 0.466. The van der Waals surface area contributed by atoms with Gasteiger partial charge in [-0.3, -0.25) is 0 Å². The Morgan fingerprint density at radius 1 is 1.54 bits per heavy atom. The molecule has 1 aliphatic carbocycles. The lowest BCUT2D eigenvalue weighted by Gasteiger charge is -2.28. The van der Waals surface area contributed by atoms with Crippen molar-refractivity contribution in [3.8, 4) is 0 Å². The molecule has 0 aromatic heterocycles. The molecule has 0 bridgehead atoms. The van der Waals surface area contributed by atoms with Gasteiger partial charge in [-0.1, -0.05) is 17.7 Å². The van der Waals surface area contributed by atoms with Gasteiger partial charge in [0.2, 0.25) is 0 Å². The summed E-state index contributed by atoms with van der Waals surface area (Å²) in [6, 6.07) is 0. The van der Waals surface area contributed by atoms with E-state index in [1.54, 1.807) is 0 Å². The zero-order valence-electron chi connectivity index (χ0n) is 8.25. The minimum Gasteiger partial charge on any atom is -0.386 e. The van der Waals surface area contributed by atoms with Crippen molar-refractivity contribution in [2.45, 2.75) is 32.3 Å². The lowest BCUT2D eigenvalue weighted by atomic mass is 9.70. The van der Waals surface area contributed by atoms with Crippen molar-refractivity contribution in [3.63, 3.8) is 0 Å². The third-order valence-corrected chi connectivity index (χ3v) is 2.66. The highest BCUT2D eigenvalue weighted by molar-refractivity contribution is 6.48. The summed E-state index contributed by atoms with van der Waals surface area (Å²) in [5, 5.41) is 10.0. The van der Waals surface area contributed by atoms with Crippen molar-refractivity contribution < 1.29 is 5.11 Å². The summed E-state index contributed by atoms with van der Waals surface area (Å²) in [6.07, 6.45) is 5.48. The van der Waals surface area contributed by atoms with Crippen LogP contribution in [0.3, 0.4) is 0 Å². The van der Waals surface area contributed by atoms with Crippen molar-refractivity contribution in [3.05, 3.63) is 23.1 Å². The van der Waals surface area contributed by atoms with Crippen molar-refractivity contribution >= 4 is 15.7 Å². The predicted molar refractivity (Wildman–Crippen MR) is 56.7 cm³/mol. The maximum Gasteiger partial charge on any atom is 0.0922 e. The largest absolute Gasteiger partial charge is 0.386 e. The molecule has 2 atom stereocenters. The van der Waals surface area contributed by atoms with Crippen LogP contribution in [0.2, 0.25) is 0 Å². The van der Waals surface area contributed by atoms with Crippen LogP contribution in [-0.4, -0.2) is 26.4 Å². The van der Waals surface area contributed by atoms with E-state index in [0.717, 1.165) is 18.4 Å². The van der Waals surface area contributed by atoms with Crippen LogP contribution in [-0.2, 0) is 0 Å². The molecule has 66 valence electrons. The van der Waals surface area contributed by atoms with E-state index in [1.165, 1.54) is 0 Å². The first-order chi connectivity index (χ1) is 5.92. The van der Waals surface area contributed by atoms with Crippen LogP contribution in [0.15, 0.2) is 23.1 Å². The molecule has 0 saturated heterocycles. The minimum absolute atomic E-state index is 0.297. The van der Waals surface area contributed by atoms with Gasteiger partial charge in [0.25, 0.3) is 0 Å². The van der Waals surface area contributed by atoms with Gasteiger partial charge in [0.1, 0.15) is 0 Å². The normalized spacial score (nSPS) is 33.0. The first kappa shape index (κ1) is 10.6. The molecule has 13 heavy (non-hydrogen) atoms. The van der Waals surface area contributed by atoms with Crippen LogP contribution in [0.25, 0.3) is 0 Å². The third-order valence-electron chi connectivity index (χ3n) is 2.66. The van der Waals surface area contributed by atoms with Gasteiger partial charge in [0.05, 0.1) is 21.3 Å². The molecule has 0 fully saturated rings. The van der Waals surface area contributed by atoms with Crippen LogP contribution in [0.5, 0.6) is 0 Å². The van der Waals surface area contributed by atoms with E-state index in [2.05, 4.69) is 0 Å². The topological polar surface area (TPSA) is 20.2 Å². The number of hydrogen-bond acceptors (Lipinski definition) is 1. The molecular formula is C10H14B2O. The maximum atomic E-state index is 9.65. The van der Waals surface area contributed by atoms with Crippen molar-refractivity contribution in [2.24, 2.45) is 5.92 Å². The molecule has 0 aromatic carbocycles. The average Bonchev–Trinajstić information content (AvgIpc) is 2.03. The molecular weight excluding hydrogens is 158 g/mol. The van der Waals surface area contributed by atoms with Crippen LogP contribution in [0.1, 0.15) is 26.7 Å². The summed E-state index contributed by atoms with van der Waals surface area (Å²) in [4.78, 5) is 0.